The maximum Gasteiger partial charge on any atom is 0.191 e. The minimum atomic E-state index is 0.265. The van der Waals surface area contributed by atoms with Crippen LogP contribution in [-0.2, 0) is 4.74 Å². The molecule has 1 unspecified atom stereocenters. The standard InChI is InChI=1S/C22H38N4OS2/c1-4-29-22(9-13-27-14-10-22)17-25-21(23-3)24-16-19(20-6-5-15-28-20)26-11-7-18(2)8-12-26/h5-6,15,18-19H,4,7-14,16-17H2,1-3H3,(H2,23,24,25). The highest BCUT2D eigenvalue weighted by Crippen LogP contribution is 2.35. The summed E-state index contributed by atoms with van der Waals surface area (Å²) in [5.41, 5.74) is 0. The van der Waals surface area contributed by atoms with Crippen LogP contribution in [0.25, 0.3) is 0 Å². The van der Waals surface area contributed by atoms with Crippen molar-refractivity contribution in [2.45, 2.75) is 50.3 Å². The first-order chi connectivity index (χ1) is 14.2. The van der Waals surface area contributed by atoms with Gasteiger partial charge in [-0.1, -0.05) is 19.9 Å². The van der Waals surface area contributed by atoms with Gasteiger partial charge < -0.3 is 15.4 Å². The van der Waals surface area contributed by atoms with E-state index in [4.69, 9.17) is 4.74 Å². The smallest absolute Gasteiger partial charge is 0.191 e. The second-order valence-corrected chi connectivity index (χ2v) is 11.0. The van der Waals surface area contributed by atoms with Gasteiger partial charge in [0.05, 0.1) is 6.04 Å². The Balaban J connectivity index is 1.57. The summed E-state index contributed by atoms with van der Waals surface area (Å²) in [5, 5.41) is 9.44. The topological polar surface area (TPSA) is 48.9 Å². The summed E-state index contributed by atoms with van der Waals surface area (Å²) in [6.07, 6.45) is 4.82. The Kier molecular flexibility index (Phi) is 9.15. The molecule has 0 bridgehead atoms. The third-order valence-corrected chi connectivity index (χ3v) is 8.68. The van der Waals surface area contributed by atoms with Crippen molar-refractivity contribution in [2.24, 2.45) is 10.9 Å². The summed E-state index contributed by atoms with van der Waals surface area (Å²) >= 11 is 3.93. The number of nitrogens with zero attached hydrogens (tertiary/aromatic N) is 2. The zero-order valence-electron chi connectivity index (χ0n) is 18.3. The lowest BCUT2D eigenvalue weighted by molar-refractivity contribution is 0.0782. The summed E-state index contributed by atoms with van der Waals surface area (Å²) < 4.78 is 5.87. The maximum atomic E-state index is 5.61. The normalized spacial score (nSPS) is 22.4. The molecule has 0 aromatic carbocycles. The van der Waals surface area contributed by atoms with Crippen molar-refractivity contribution in [2.75, 3.05) is 52.2 Å². The minimum absolute atomic E-state index is 0.265. The van der Waals surface area contributed by atoms with Crippen molar-refractivity contribution in [3.8, 4) is 0 Å². The van der Waals surface area contributed by atoms with E-state index in [-0.39, 0.29) is 4.75 Å². The van der Waals surface area contributed by atoms with Gasteiger partial charge in [-0.2, -0.15) is 11.8 Å². The summed E-state index contributed by atoms with van der Waals surface area (Å²) in [7, 11) is 1.88. The lowest BCUT2D eigenvalue weighted by Gasteiger charge is -2.38. The lowest BCUT2D eigenvalue weighted by atomic mass is 9.97. The van der Waals surface area contributed by atoms with Crippen LogP contribution in [-0.4, -0.2) is 67.8 Å². The highest BCUT2D eigenvalue weighted by Gasteiger charge is 2.33. The number of hydrogen-bond donors (Lipinski definition) is 2. The van der Waals surface area contributed by atoms with Crippen molar-refractivity contribution in [3.05, 3.63) is 22.4 Å². The first kappa shape index (κ1) is 22.9. The molecule has 1 atom stereocenters. The van der Waals surface area contributed by atoms with Gasteiger partial charge in [0, 0.05) is 43.0 Å². The SMILES string of the molecule is CCSC1(CNC(=NC)NCC(c2cccs2)N2CCC(C)CC2)CCOCC1. The Labute approximate surface area is 185 Å². The van der Waals surface area contributed by atoms with E-state index in [2.05, 4.69) is 63.6 Å². The molecule has 2 N–H and O–H groups in total. The van der Waals surface area contributed by atoms with Crippen LogP contribution >= 0.6 is 23.1 Å². The van der Waals surface area contributed by atoms with Crippen molar-refractivity contribution >= 4 is 29.1 Å². The van der Waals surface area contributed by atoms with Gasteiger partial charge in [-0.25, -0.2) is 0 Å². The van der Waals surface area contributed by atoms with Crippen molar-refractivity contribution < 1.29 is 4.74 Å². The molecular weight excluding hydrogens is 400 g/mol. The van der Waals surface area contributed by atoms with Crippen LogP contribution in [0.2, 0.25) is 0 Å². The molecule has 1 aromatic rings. The molecule has 164 valence electrons. The number of thiophene rings is 1. The number of thioether (sulfide) groups is 1. The second kappa shape index (κ2) is 11.6. The van der Waals surface area contributed by atoms with Crippen LogP contribution < -0.4 is 10.6 Å². The van der Waals surface area contributed by atoms with E-state index in [0.29, 0.717) is 6.04 Å². The van der Waals surface area contributed by atoms with Crippen LogP contribution in [0.3, 0.4) is 0 Å². The van der Waals surface area contributed by atoms with Crippen molar-refractivity contribution in [1.82, 2.24) is 15.5 Å². The van der Waals surface area contributed by atoms with Crippen LogP contribution in [0, 0.1) is 5.92 Å². The fourth-order valence-electron chi connectivity index (χ4n) is 4.31. The number of nitrogens with one attached hydrogen (secondary N) is 2. The molecule has 3 rings (SSSR count). The molecule has 5 nitrogen and oxygen atoms in total. The van der Waals surface area contributed by atoms with E-state index in [9.17, 15) is 0 Å². The van der Waals surface area contributed by atoms with E-state index < -0.39 is 0 Å². The summed E-state index contributed by atoms with van der Waals surface area (Å²) in [4.78, 5) is 8.61. The average Bonchev–Trinajstić information content (AvgIpc) is 3.27. The molecule has 0 saturated carbocycles. The predicted octanol–water partition coefficient (Wildman–Crippen LogP) is 3.99. The Morgan fingerprint density at radius 3 is 2.72 bits per heavy atom. The first-order valence-corrected chi connectivity index (χ1v) is 13.0. The highest BCUT2D eigenvalue weighted by atomic mass is 32.2. The van der Waals surface area contributed by atoms with E-state index >= 15 is 0 Å². The van der Waals surface area contributed by atoms with Gasteiger partial charge in [0.25, 0.3) is 0 Å². The summed E-state index contributed by atoms with van der Waals surface area (Å²) in [5.74, 6) is 2.91. The number of aliphatic imine (C=N–C) groups is 1. The fraction of sp³-hybridized carbons (Fsp3) is 0.773. The third-order valence-electron chi connectivity index (χ3n) is 6.25. The fourth-order valence-corrected chi connectivity index (χ4v) is 6.41. The van der Waals surface area contributed by atoms with Crippen LogP contribution in [0.1, 0.15) is 50.4 Å². The monoisotopic (exact) mass is 438 g/mol. The first-order valence-electron chi connectivity index (χ1n) is 11.1. The van der Waals surface area contributed by atoms with Gasteiger partial charge in [0.2, 0.25) is 0 Å². The molecule has 0 aliphatic carbocycles. The molecule has 2 aliphatic rings. The largest absolute Gasteiger partial charge is 0.381 e. The van der Waals surface area contributed by atoms with Crippen molar-refractivity contribution in [1.29, 1.82) is 0 Å². The molecule has 1 aromatic heterocycles. The Morgan fingerprint density at radius 2 is 2.10 bits per heavy atom. The molecule has 0 radical (unpaired) electrons. The summed E-state index contributed by atoms with van der Waals surface area (Å²) in [6.45, 7) is 10.6. The molecule has 3 heterocycles. The zero-order valence-corrected chi connectivity index (χ0v) is 19.9. The third kappa shape index (κ3) is 6.61. The number of ether oxygens (including phenoxy) is 1. The van der Waals surface area contributed by atoms with Gasteiger partial charge in [-0.3, -0.25) is 9.89 Å². The Bertz CT molecular complexity index is 603. The molecule has 0 spiro atoms. The Morgan fingerprint density at radius 1 is 1.34 bits per heavy atom. The van der Waals surface area contributed by atoms with E-state index in [1.165, 1.54) is 30.8 Å². The Hall–Kier alpha value is -0.760. The summed E-state index contributed by atoms with van der Waals surface area (Å²) in [6, 6.07) is 4.87. The highest BCUT2D eigenvalue weighted by molar-refractivity contribution is 8.00. The number of likely N-dealkylation sites (tertiary alicyclic amines) is 1. The van der Waals surface area contributed by atoms with Gasteiger partial charge in [-0.15, -0.1) is 11.3 Å². The quantitative estimate of drug-likeness (QED) is 0.475. The molecule has 2 fully saturated rings. The van der Waals surface area contributed by atoms with Crippen LogP contribution in [0.15, 0.2) is 22.5 Å². The van der Waals surface area contributed by atoms with Crippen molar-refractivity contribution in [3.63, 3.8) is 0 Å². The second-order valence-electron chi connectivity index (χ2n) is 8.28. The minimum Gasteiger partial charge on any atom is -0.381 e. The van der Waals surface area contributed by atoms with Gasteiger partial charge in [0.15, 0.2) is 5.96 Å². The number of hydrogen-bond acceptors (Lipinski definition) is 5. The lowest BCUT2D eigenvalue weighted by Crippen LogP contribution is -2.50. The zero-order chi connectivity index (χ0) is 20.5. The van der Waals surface area contributed by atoms with Gasteiger partial charge in [0.1, 0.15) is 0 Å². The van der Waals surface area contributed by atoms with Crippen LogP contribution in [0.5, 0.6) is 0 Å². The molecule has 29 heavy (non-hydrogen) atoms. The van der Waals surface area contributed by atoms with Gasteiger partial charge >= 0.3 is 0 Å². The molecule has 0 amide bonds. The van der Waals surface area contributed by atoms with E-state index in [0.717, 1.165) is 56.8 Å². The maximum absolute atomic E-state index is 5.61. The number of piperidine rings is 1. The average molecular weight is 439 g/mol. The number of rotatable bonds is 8. The van der Waals surface area contributed by atoms with Crippen LogP contribution in [0.4, 0.5) is 0 Å². The molecule has 2 aliphatic heterocycles. The predicted molar refractivity (Wildman–Crippen MR) is 127 cm³/mol. The molecule has 2 saturated heterocycles. The van der Waals surface area contributed by atoms with Gasteiger partial charge in [-0.05, 0) is 61.9 Å². The van der Waals surface area contributed by atoms with E-state index in [1.807, 2.05) is 18.4 Å². The molecule has 7 heteroatoms. The van der Waals surface area contributed by atoms with E-state index in [1.54, 1.807) is 0 Å². The molecular formula is C22H38N4OS2. The number of guanidine groups is 1.